The Morgan fingerprint density at radius 3 is 2.46 bits per heavy atom. The molecular weight excluding hydrogens is 463 g/mol. The van der Waals surface area contributed by atoms with Crippen molar-refractivity contribution in [3.63, 3.8) is 0 Å². The van der Waals surface area contributed by atoms with Crippen LogP contribution in [0.1, 0.15) is 73.2 Å². The Labute approximate surface area is 199 Å². The van der Waals surface area contributed by atoms with Gasteiger partial charge in [0.15, 0.2) is 0 Å². The number of alkyl halides is 3. The van der Waals surface area contributed by atoms with E-state index in [1.165, 1.54) is 6.07 Å². The van der Waals surface area contributed by atoms with Gasteiger partial charge >= 0.3 is 6.18 Å². The Kier molecular flexibility index (Phi) is 4.68. The lowest BCUT2D eigenvalue weighted by Gasteiger charge is -2.42. The van der Waals surface area contributed by atoms with Crippen molar-refractivity contribution in [3.05, 3.63) is 64.5 Å². The van der Waals surface area contributed by atoms with Gasteiger partial charge in [0.05, 0.1) is 22.4 Å². The maximum Gasteiger partial charge on any atom is 0.394 e. The van der Waals surface area contributed by atoms with Crippen molar-refractivity contribution in [2.24, 2.45) is 16.7 Å². The number of nitrogens with zero attached hydrogens (tertiary/aromatic N) is 2. The molecule has 35 heavy (non-hydrogen) atoms. The number of benzene rings is 1. The van der Waals surface area contributed by atoms with Gasteiger partial charge in [0, 0.05) is 36.5 Å². The number of halogens is 5. The third-order valence-electron chi connectivity index (χ3n) is 8.86. The van der Waals surface area contributed by atoms with Gasteiger partial charge < -0.3 is 4.90 Å². The SMILES string of the molecule is C[C@H]1CN(C(=O)C23CCC(C(F)(F)F)(CC2)C3)[C@@H]2c3cncc(C#Cc4ccc(F)cc4F)c3C21. The molecule has 1 aromatic carbocycles. The van der Waals surface area contributed by atoms with Crippen LogP contribution in [0.25, 0.3) is 0 Å². The van der Waals surface area contributed by atoms with Crippen LogP contribution in [0, 0.1) is 40.2 Å². The van der Waals surface area contributed by atoms with E-state index in [1.54, 1.807) is 17.3 Å². The summed E-state index contributed by atoms with van der Waals surface area (Å²) in [6.07, 6.45) is -0.470. The number of pyridine rings is 1. The molecule has 3 atom stereocenters. The summed E-state index contributed by atoms with van der Waals surface area (Å²) in [6, 6.07) is 2.99. The molecular formula is C27H23F5N2O. The Morgan fingerprint density at radius 1 is 1.09 bits per heavy atom. The molecule has 8 heteroatoms. The molecule has 1 aliphatic heterocycles. The van der Waals surface area contributed by atoms with E-state index in [2.05, 4.69) is 16.8 Å². The summed E-state index contributed by atoms with van der Waals surface area (Å²) < 4.78 is 68.5. The second-order valence-electron chi connectivity index (χ2n) is 10.7. The average Bonchev–Trinajstić information content (AvgIpc) is 3.45. The summed E-state index contributed by atoms with van der Waals surface area (Å²) in [6.45, 7) is 2.51. The summed E-state index contributed by atoms with van der Waals surface area (Å²) in [5.74, 6) is 4.24. The minimum atomic E-state index is -4.28. The van der Waals surface area contributed by atoms with Gasteiger partial charge in [-0.15, -0.1) is 0 Å². The van der Waals surface area contributed by atoms with E-state index in [1.807, 2.05) is 6.92 Å². The molecule has 0 N–H and O–H groups in total. The van der Waals surface area contributed by atoms with Crippen molar-refractivity contribution in [2.45, 2.75) is 57.2 Å². The van der Waals surface area contributed by atoms with Gasteiger partial charge in [-0.1, -0.05) is 18.8 Å². The third kappa shape index (κ3) is 3.09. The molecule has 3 fully saturated rings. The highest BCUT2D eigenvalue weighted by molar-refractivity contribution is 5.85. The maximum absolute atomic E-state index is 14.0. The van der Waals surface area contributed by atoms with Crippen molar-refractivity contribution in [3.8, 4) is 11.8 Å². The van der Waals surface area contributed by atoms with Crippen LogP contribution in [0.5, 0.6) is 0 Å². The van der Waals surface area contributed by atoms with Gasteiger partial charge in [0.1, 0.15) is 11.6 Å². The molecule has 3 aliphatic carbocycles. The van der Waals surface area contributed by atoms with Crippen molar-refractivity contribution in [2.75, 3.05) is 6.54 Å². The summed E-state index contributed by atoms with van der Waals surface area (Å²) >= 11 is 0. The van der Waals surface area contributed by atoms with Crippen molar-refractivity contribution in [1.82, 2.24) is 9.88 Å². The number of fused-ring (bicyclic) bond motifs is 6. The first-order valence-electron chi connectivity index (χ1n) is 11.9. The number of rotatable bonds is 1. The normalized spacial score (nSPS) is 32.5. The van der Waals surface area contributed by atoms with E-state index < -0.39 is 28.6 Å². The third-order valence-corrected chi connectivity index (χ3v) is 8.86. The Balaban J connectivity index is 1.30. The molecule has 182 valence electrons. The van der Waals surface area contributed by atoms with E-state index >= 15 is 0 Å². The van der Waals surface area contributed by atoms with Crippen molar-refractivity contribution >= 4 is 5.91 Å². The number of likely N-dealkylation sites (tertiary alicyclic amines) is 1. The monoisotopic (exact) mass is 486 g/mol. The number of carbonyl (C=O) groups is 1. The Morgan fingerprint density at radius 2 is 1.80 bits per heavy atom. The molecule has 4 aliphatic rings. The highest BCUT2D eigenvalue weighted by Crippen LogP contribution is 2.69. The van der Waals surface area contributed by atoms with Crippen LogP contribution >= 0.6 is 0 Å². The zero-order valence-electron chi connectivity index (χ0n) is 19.1. The van der Waals surface area contributed by atoms with Gasteiger partial charge in [0.25, 0.3) is 0 Å². The van der Waals surface area contributed by atoms with Crippen molar-refractivity contribution < 1.29 is 26.7 Å². The number of aromatic nitrogens is 1. The summed E-state index contributed by atoms with van der Waals surface area (Å²) in [4.78, 5) is 19.8. The molecule has 0 radical (unpaired) electrons. The zero-order chi connectivity index (χ0) is 24.8. The molecule has 6 rings (SSSR count). The van der Waals surface area contributed by atoms with E-state index in [0.29, 0.717) is 12.1 Å². The minimum absolute atomic E-state index is 0.00546. The van der Waals surface area contributed by atoms with Crippen molar-refractivity contribution in [1.29, 1.82) is 0 Å². The first kappa shape index (κ1) is 22.5. The first-order chi connectivity index (χ1) is 16.6. The second-order valence-corrected chi connectivity index (χ2v) is 10.7. The van der Waals surface area contributed by atoms with E-state index in [4.69, 9.17) is 0 Å². The fraction of sp³-hybridized carbons (Fsp3) is 0.481. The number of hydrogen-bond donors (Lipinski definition) is 0. The Bertz CT molecular complexity index is 1300. The topological polar surface area (TPSA) is 33.2 Å². The summed E-state index contributed by atoms with van der Waals surface area (Å²) in [7, 11) is 0. The fourth-order valence-electron chi connectivity index (χ4n) is 7.06. The molecule has 2 saturated carbocycles. The average molecular weight is 486 g/mol. The van der Waals surface area contributed by atoms with Crippen LogP contribution in [0.3, 0.4) is 0 Å². The maximum atomic E-state index is 14.0. The highest BCUT2D eigenvalue weighted by Gasteiger charge is 2.69. The van der Waals surface area contributed by atoms with Crippen LogP contribution < -0.4 is 0 Å². The van der Waals surface area contributed by atoms with Crippen LogP contribution in [-0.4, -0.2) is 28.5 Å². The van der Waals surface area contributed by atoms with Crippen LogP contribution in [0.15, 0.2) is 30.6 Å². The molecule has 2 bridgehead atoms. The molecule has 1 aromatic heterocycles. The summed E-state index contributed by atoms with van der Waals surface area (Å²) in [5.41, 5.74) is -0.123. The van der Waals surface area contributed by atoms with E-state index in [9.17, 15) is 26.7 Å². The number of hydrogen-bond acceptors (Lipinski definition) is 2. The molecule has 0 spiro atoms. The van der Waals surface area contributed by atoms with Gasteiger partial charge in [-0.25, -0.2) is 8.78 Å². The van der Waals surface area contributed by atoms with Crippen LogP contribution in [0.2, 0.25) is 0 Å². The molecule has 3 nitrogen and oxygen atoms in total. The zero-order valence-corrected chi connectivity index (χ0v) is 19.1. The predicted octanol–water partition coefficient (Wildman–Crippen LogP) is 5.89. The smallest absolute Gasteiger partial charge is 0.334 e. The van der Waals surface area contributed by atoms with Gasteiger partial charge in [-0.05, 0) is 61.3 Å². The van der Waals surface area contributed by atoms with E-state index in [-0.39, 0.29) is 61.5 Å². The predicted molar refractivity (Wildman–Crippen MR) is 117 cm³/mol. The van der Waals surface area contributed by atoms with Crippen LogP contribution in [0.4, 0.5) is 22.0 Å². The molecule has 2 aromatic rings. The first-order valence-corrected chi connectivity index (χ1v) is 11.9. The molecule has 1 unspecified atom stereocenters. The number of carbonyl (C=O) groups excluding carboxylic acids is 1. The number of amides is 1. The molecule has 1 amide bonds. The fourth-order valence-corrected chi connectivity index (χ4v) is 7.06. The lowest BCUT2D eigenvalue weighted by Crippen LogP contribution is -2.44. The largest absolute Gasteiger partial charge is 0.394 e. The van der Waals surface area contributed by atoms with E-state index in [0.717, 1.165) is 23.3 Å². The minimum Gasteiger partial charge on any atom is -0.334 e. The van der Waals surface area contributed by atoms with Gasteiger partial charge in [-0.3, -0.25) is 9.78 Å². The van der Waals surface area contributed by atoms with Gasteiger partial charge in [0.2, 0.25) is 5.91 Å². The quantitative estimate of drug-likeness (QED) is 0.372. The van der Waals surface area contributed by atoms with Gasteiger partial charge in [-0.2, -0.15) is 13.2 Å². The lowest BCUT2D eigenvalue weighted by molar-refractivity contribution is -0.220. The lowest BCUT2D eigenvalue weighted by atomic mass is 9.68. The molecule has 2 heterocycles. The molecule has 1 saturated heterocycles. The highest BCUT2D eigenvalue weighted by atomic mass is 19.4. The Hall–Kier alpha value is -2.95. The van der Waals surface area contributed by atoms with Crippen LogP contribution in [-0.2, 0) is 4.79 Å². The summed E-state index contributed by atoms with van der Waals surface area (Å²) in [5, 5.41) is 0. The standard InChI is InChI=1S/C27H23F5N2O/c1-15-13-34(24(35)25-6-8-26(14-25,9-7-25)27(30,31)32)23-19-12-33-11-17(22(19)21(15)23)3-2-16-4-5-18(28)10-20(16)29/h4-5,10-12,15,21,23H,6-9,13-14H2,1H3/t15-,21?,23+,25?,26?/m0/s1. The second kappa shape index (κ2) is 7.28.